The second kappa shape index (κ2) is 5.28. The molecule has 102 valence electrons. The summed E-state index contributed by atoms with van der Waals surface area (Å²) in [6.07, 6.45) is -0.355. The third kappa shape index (κ3) is 2.85. The summed E-state index contributed by atoms with van der Waals surface area (Å²) in [6, 6.07) is 1.93. The van der Waals surface area contributed by atoms with Crippen LogP contribution in [0.25, 0.3) is 0 Å². The molecular weight excluding hydrogens is 244 g/mol. The first-order valence-corrected chi connectivity index (χ1v) is 6.25. The molecule has 0 bridgehead atoms. The second-order valence-corrected chi connectivity index (χ2v) is 5.08. The van der Waals surface area contributed by atoms with E-state index in [-0.39, 0.29) is 11.9 Å². The maximum Gasteiger partial charge on any atom is 0.236 e. The summed E-state index contributed by atoms with van der Waals surface area (Å²) in [6.45, 7) is 5.82. The molecule has 0 amide bonds. The Hall–Kier alpha value is -2.07. The Balaban J connectivity index is 2.27. The highest BCUT2D eigenvalue weighted by molar-refractivity contribution is 5.76. The van der Waals surface area contributed by atoms with Crippen LogP contribution >= 0.6 is 0 Å². The van der Waals surface area contributed by atoms with Crippen LogP contribution in [0.15, 0.2) is 0 Å². The van der Waals surface area contributed by atoms with E-state index in [1.165, 1.54) is 0 Å². The fraction of sp³-hybridized carbons (Fsp3) is 0.583. The van der Waals surface area contributed by atoms with Crippen molar-refractivity contribution in [3.05, 3.63) is 5.82 Å². The highest BCUT2D eigenvalue weighted by Gasteiger charge is 2.28. The lowest BCUT2D eigenvalue weighted by molar-refractivity contribution is 0.141. The van der Waals surface area contributed by atoms with Crippen molar-refractivity contribution in [3.8, 4) is 6.07 Å². The number of aliphatic hydroxyl groups excluding tert-OH is 1. The van der Waals surface area contributed by atoms with Crippen molar-refractivity contribution in [1.29, 1.82) is 5.26 Å². The van der Waals surface area contributed by atoms with Gasteiger partial charge in [0.1, 0.15) is 11.8 Å². The number of nitriles is 1. The van der Waals surface area contributed by atoms with E-state index in [1.54, 1.807) is 0 Å². The van der Waals surface area contributed by atoms with E-state index in [0.717, 1.165) is 0 Å². The average molecular weight is 262 g/mol. The number of nitrogen functional groups attached to an aromatic ring is 1. The summed E-state index contributed by atoms with van der Waals surface area (Å²) in [7, 11) is 0. The summed E-state index contributed by atoms with van der Waals surface area (Å²) < 4.78 is 0. The standard InChI is InChI=1S/C12H18N6O/c1-7(2)4-15-11-10(14)12(17-9(3-13)16-11)18-5-8(19)6-18/h7-8,19H,4-6,14H2,1-2H3,(H,15,16,17). The van der Waals surface area contributed by atoms with E-state index >= 15 is 0 Å². The van der Waals surface area contributed by atoms with E-state index < -0.39 is 0 Å². The lowest BCUT2D eigenvalue weighted by Gasteiger charge is -2.37. The molecule has 0 radical (unpaired) electrons. The van der Waals surface area contributed by atoms with Gasteiger partial charge in [0.05, 0.1) is 6.10 Å². The van der Waals surface area contributed by atoms with Gasteiger partial charge in [0, 0.05) is 19.6 Å². The summed E-state index contributed by atoms with van der Waals surface area (Å²) in [5.74, 6) is 1.52. The molecule has 1 aliphatic heterocycles. The fourth-order valence-corrected chi connectivity index (χ4v) is 1.81. The molecule has 7 heteroatoms. The molecule has 1 aromatic rings. The van der Waals surface area contributed by atoms with Gasteiger partial charge in [0.15, 0.2) is 11.6 Å². The van der Waals surface area contributed by atoms with Crippen molar-refractivity contribution >= 4 is 17.3 Å². The number of aromatic nitrogens is 2. The zero-order valence-corrected chi connectivity index (χ0v) is 11.1. The van der Waals surface area contributed by atoms with Gasteiger partial charge >= 0.3 is 0 Å². The molecule has 0 atom stereocenters. The van der Waals surface area contributed by atoms with Crippen LogP contribution in [0.3, 0.4) is 0 Å². The van der Waals surface area contributed by atoms with Gasteiger partial charge in [0.2, 0.25) is 5.82 Å². The Bertz CT molecular complexity index is 504. The number of hydrogen-bond donors (Lipinski definition) is 3. The average Bonchev–Trinajstić information content (AvgIpc) is 2.34. The third-order valence-corrected chi connectivity index (χ3v) is 2.87. The fourth-order valence-electron chi connectivity index (χ4n) is 1.81. The Morgan fingerprint density at radius 1 is 1.53 bits per heavy atom. The molecular formula is C12H18N6O. The number of nitrogens with one attached hydrogen (secondary N) is 1. The lowest BCUT2D eigenvalue weighted by Crippen LogP contribution is -2.51. The van der Waals surface area contributed by atoms with Gasteiger partial charge in [-0.25, -0.2) is 0 Å². The third-order valence-electron chi connectivity index (χ3n) is 2.87. The Morgan fingerprint density at radius 3 is 2.74 bits per heavy atom. The van der Waals surface area contributed by atoms with Gasteiger partial charge in [-0.2, -0.15) is 15.2 Å². The highest BCUT2D eigenvalue weighted by Crippen LogP contribution is 2.30. The molecule has 1 fully saturated rings. The summed E-state index contributed by atoms with van der Waals surface area (Å²) in [5, 5.41) is 21.4. The number of β-amino-alcohol motifs (C(OH)–C–C–N with tert-alkyl or cyclic N) is 1. The Kier molecular flexibility index (Phi) is 3.71. The van der Waals surface area contributed by atoms with Crippen molar-refractivity contribution in [2.45, 2.75) is 20.0 Å². The van der Waals surface area contributed by atoms with Crippen LogP contribution in [0.5, 0.6) is 0 Å². The Morgan fingerprint density at radius 2 is 2.21 bits per heavy atom. The predicted molar refractivity (Wildman–Crippen MR) is 72.7 cm³/mol. The molecule has 0 aliphatic carbocycles. The van der Waals surface area contributed by atoms with E-state index in [1.807, 2.05) is 11.0 Å². The van der Waals surface area contributed by atoms with Crippen LogP contribution in [-0.2, 0) is 0 Å². The predicted octanol–water partition coefficient (Wildman–Crippen LogP) is 0.179. The van der Waals surface area contributed by atoms with Crippen LogP contribution in [0.1, 0.15) is 19.7 Å². The molecule has 0 spiro atoms. The number of hydrogen-bond acceptors (Lipinski definition) is 7. The van der Waals surface area contributed by atoms with E-state index in [9.17, 15) is 5.11 Å². The normalized spacial score (nSPS) is 15.2. The minimum Gasteiger partial charge on any atom is -0.393 e. The number of anilines is 3. The van der Waals surface area contributed by atoms with Gasteiger partial charge < -0.3 is 21.1 Å². The van der Waals surface area contributed by atoms with Gasteiger partial charge in [0.25, 0.3) is 0 Å². The number of rotatable bonds is 4. The first-order valence-electron chi connectivity index (χ1n) is 6.25. The zero-order chi connectivity index (χ0) is 14.0. The molecule has 7 nitrogen and oxygen atoms in total. The Labute approximate surface area is 112 Å². The minimum atomic E-state index is -0.355. The molecule has 0 unspecified atom stereocenters. The lowest BCUT2D eigenvalue weighted by atomic mass is 10.1. The smallest absolute Gasteiger partial charge is 0.236 e. The molecule has 2 heterocycles. The molecule has 19 heavy (non-hydrogen) atoms. The van der Waals surface area contributed by atoms with Crippen molar-refractivity contribution < 1.29 is 5.11 Å². The molecule has 4 N–H and O–H groups in total. The topological polar surface area (TPSA) is 111 Å². The van der Waals surface area contributed by atoms with Crippen LogP contribution < -0.4 is 16.0 Å². The van der Waals surface area contributed by atoms with Crippen LogP contribution in [0, 0.1) is 17.2 Å². The van der Waals surface area contributed by atoms with Crippen molar-refractivity contribution in [3.63, 3.8) is 0 Å². The van der Waals surface area contributed by atoms with Crippen molar-refractivity contribution in [2.75, 3.05) is 35.6 Å². The van der Waals surface area contributed by atoms with Crippen LogP contribution in [0.2, 0.25) is 0 Å². The van der Waals surface area contributed by atoms with E-state index in [2.05, 4.69) is 29.1 Å². The summed E-state index contributed by atoms with van der Waals surface area (Å²) >= 11 is 0. The molecule has 0 aromatic carbocycles. The number of nitrogens with two attached hydrogens (primary N) is 1. The largest absolute Gasteiger partial charge is 0.393 e. The quantitative estimate of drug-likeness (QED) is 0.709. The summed E-state index contributed by atoms with van der Waals surface area (Å²) in [5.41, 5.74) is 6.45. The first-order chi connectivity index (χ1) is 9.01. The maximum absolute atomic E-state index is 9.34. The number of aliphatic hydroxyl groups is 1. The molecule has 1 aromatic heterocycles. The monoisotopic (exact) mass is 262 g/mol. The van der Waals surface area contributed by atoms with Gasteiger partial charge in [-0.15, -0.1) is 0 Å². The molecule has 1 aliphatic rings. The van der Waals surface area contributed by atoms with E-state index in [4.69, 9.17) is 11.0 Å². The van der Waals surface area contributed by atoms with Crippen molar-refractivity contribution in [1.82, 2.24) is 9.97 Å². The van der Waals surface area contributed by atoms with Gasteiger partial charge in [-0.1, -0.05) is 13.8 Å². The van der Waals surface area contributed by atoms with Gasteiger partial charge in [-0.05, 0) is 5.92 Å². The summed E-state index contributed by atoms with van der Waals surface area (Å²) in [4.78, 5) is 10.0. The van der Waals surface area contributed by atoms with Gasteiger partial charge in [-0.3, -0.25) is 0 Å². The number of nitrogens with zero attached hydrogens (tertiary/aromatic N) is 4. The first kappa shape index (κ1) is 13.4. The highest BCUT2D eigenvalue weighted by atomic mass is 16.3. The maximum atomic E-state index is 9.34. The molecule has 1 saturated heterocycles. The van der Waals surface area contributed by atoms with Crippen LogP contribution in [-0.4, -0.2) is 40.8 Å². The van der Waals surface area contributed by atoms with E-state index in [0.29, 0.717) is 42.9 Å². The van der Waals surface area contributed by atoms with Crippen molar-refractivity contribution in [2.24, 2.45) is 5.92 Å². The molecule has 0 saturated carbocycles. The second-order valence-electron chi connectivity index (χ2n) is 5.08. The zero-order valence-electron chi connectivity index (χ0n) is 11.1. The minimum absolute atomic E-state index is 0.0804. The van der Waals surface area contributed by atoms with Crippen LogP contribution in [0.4, 0.5) is 17.3 Å². The SMILES string of the molecule is CC(C)CNc1nc(C#N)nc(N2CC(O)C2)c1N. The molecule has 2 rings (SSSR count).